The molecular formula is C36H38ClN7O6S. The van der Waals surface area contributed by atoms with Gasteiger partial charge in [0.15, 0.2) is 5.78 Å². The number of alkyl halides is 1. The summed E-state index contributed by atoms with van der Waals surface area (Å²) in [5, 5.41) is 19.1. The number of phenolic OH excluding ortho intramolecular Hbond substituents is 1. The van der Waals surface area contributed by atoms with Crippen molar-refractivity contribution in [2.24, 2.45) is 26.9 Å². The molecule has 0 spiro atoms. The number of fused-ring (bicyclic) bond motifs is 3. The number of benzene rings is 1. The number of aromatic nitrogens is 3. The first-order valence-electron chi connectivity index (χ1n) is 16.2. The van der Waals surface area contributed by atoms with Gasteiger partial charge in [0.2, 0.25) is 11.8 Å². The molecule has 1 aliphatic rings. The highest BCUT2D eigenvalue weighted by Crippen LogP contribution is 2.48. The number of nitrogens with zero attached hydrogens (tertiary/aromatic N) is 4. The number of hydrogen-bond donors (Lipinski definition) is 4. The zero-order valence-electron chi connectivity index (χ0n) is 28.6. The molecule has 1 aromatic carbocycles. The molecule has 5 aromatic rings. The van der Waals surface area contributed by atoms with Gasteiger partial charge in [-0.3, -0.25) is 24.0 Å². The van der Waals surface area contributed by atoms with E-state index in [1.807, 2.05) is 12.3 Å². The molecule has 4 amide bonds. The van der Waals surface area contributed by atoms with Crippen LogP contribution in [-0.4, -0.2) is 67.2 Å². The number of Topliss-reactive ketones (excluding diaryl/α,β-unsaturated/α-hetero) is 1. The molecule has 0 aliphatic carbocycles. The largest absolute Gasteiger partial charge is 0.506 e. The molecule has 15 heteroatoms. The van der Waals surface area contributed by atoms with Crippen LogP contribution >= 0.6 is 22.9 Å². The molecule has 0 fully saturated rings. The van der Waals surface area contributed by atoms with Crippen molar-refractivity contribution in [3.63, 3.8) is 0 Å². The molecular weight excluding hydrogens is 694 g/mol. The molecule has 0 saturated carbocycles. The maximum absolute atomic E-state index is 13.7. The molecule has 0 unspecified atom stereocenters. The Bertz CT molecular complexity index is 2230. The fourth-order valence-electron chi connectivity index (χ4n) is 6.73. The van der Waals surface area contributed by atoms with Crippen molar-refractivity contribution in [3.8, 4) is 5.75 Å². The molecule has 266 valence electrons. The summed E-state index contributed by atoms with van der Waals surface area (Å²) in [5.74, 6) is -1.30. The zero-order valence-corrected chi connectivity index (χ0v) is 30.2. The maximum atomic E-state index is 13.7. The van der Waals surface area contributed by atoms with Crippen LogP contribution in [0.1, 0.15) is 66.1 Å². The minimum Gasteiger partial charge on any atom is -0.506 e. The Balaban J connectivity index is 1.11. The van der Waals surface area contributed by atoms with Crippen LogP contribution in [0.5, 0.6) is 5.75 Å². The average Bonchev–Trinajstić information content (AvgIpc) is 3.88. The summed E-state index contributed by atoms with van der Waals surface area (Å²) in [6.45, 7) is 2.50. The highest BCUT2D eigenvalue weighted by Gasteiger charge is 2.35. The minimum absolute atomic E-state index is 0.0124. The second kappa shape index (κ2) is 14.1. The van der Waals surface area contributed by atoms with Gasteiger partial charge in [0.1, 0.15) is 17.1 Å². The summed E-state index contributed by atoms with van der Waals surface area (Å²) < 4.78 is 5.67. The average molecular weight is 732 g/mol. The topological polar surface area (TPSA) is 174 Å². The molecule has 13 nitrogen and oxygen atoms in total. The van der Waals surface area contributed by atoms with Crippen molar-refractivity contribution in [3.05, 3.63) is 87.6 Å². The number of primary amides is 1. The summed E-state index contributed by atoms with van der Waals surface area (Å²) in [5.41, 5.74) is 10.5. The molecule has 51 heavy (non-hydrogen) atoms. The number of carbonyl (C=O) groups excluding carboxylic acids is 5. The second-order valence-electron chi connectivity index (χ2n) is 12.9. The molecule has 4 aromatic heterocycles. The van der Waals surface area contributed by atoms with E-state index in [0.29, 0.717) is 46.3 Å². The highest BCUT2D eigenvalue weighted by atomic mass is 35.5. The third kappa shape index (κ3) is 7.01. The van der Waals surface area contributed by atoms with Crippen LogP contribution in [0.4, 0.5) is 11.4 Å². The Hall–Kier alpha value is -5.34. The number of nitrogens with two attached hydrogens (primary N) is 1. The summed E-state index contributed by atoms with van der Waals surface area (Å²) in [6.07, 6.45) is 5.17. The first kappa shape index (κ1) is 35.5. The predicted molar refractivity (Wildman–Crippen MR) is 196 cm³/mol. The van der Waals surface area contributed by atoms with E-state index < -0.39 is 17.7 Å². The first-order valence-corrected chi connectivity index (χ1v) is 17.6. The lowest BCUT2D eigenvalue weighted by Crippen LogP contribution is -2.31. The van der Waals surface area contributed by atoms with Gasteiger partial charge in [0, 0.05) is 88.9 Å². The molecule has 1 atom stereocenters. The number of ketones is 1. The summed E-state index contributed by atoms with van der Waals surface area (Å²) >= 11 is 7.84. The number of nitrogens with one attached hydrogen (secondary N) is 2. The lowest BCUT2D eigenvalue weighted by molar-refractivity contribution is -0.118. The van der Waals surface area contributed by atoms with E-state index in [-0.39, 0.29) is 54.9 Å². The minimum atomic E-state index is -0.525. The number of thiophene rings is 1. The molecule has 5 heterocycles. The SMILES string of the molecule is Cc1csc2c(O)cc3c(c12)[C@@H](CCl)CN3C(=O)Cc1cc(C(=O)Cc2cc(C(=O)Nc3cc(C(=O)NCCC(N)=O)n(C)c3)n(C)c2)n(C)c1. The molecule has 1 aliphatic heterocycles. The lowest BCUT2D eigenvalue weighted by Gasteiger charge is -2.18. The van der Waals surface area contributed by atoms with Gasteiger partial charge in [-0.05, 0) is 52.8 Å². The first-order chi connectivity index (χ1) is 24.2. The Morgan fingerprint density at radius 1 is 0.922 bits per heavy atom. The van der Waals surface area contributed by atoms with Crippen molar-refractivity contribution < 1.29 is 29.1 Å². The Kier molecular flexibility index (Phi) is 9.82. The number of carbonyl (C=O) groups is 5. The number of halogens is 1. The van der Waals surface area contributed by atoms with Gasteiger partial charge in [-0.1, -0.05) is 0 Å². The highest BCUT2D eigenvalue weighted by molar-refractivity contribution is 7.17. The summed E-state index contributed by atoms with van der Waals surface area (Å²) in [7, 11) is 5.11. The Morgan fingerprint density at radius 2 is 1.57 bits per heavy atom. The Labute approximate surface area is 302 Å². The third-order valence-corrected chi connectivity index (χ3v) is 10.6. The van der Waals surface area contributed by atoms with E-state index in [2.05, 4.69) is 10.6 Å². The van der Waals surface area contributed by atoms with E-state index >= 15 is 0 Å². The molecule has 0 radical (unpaired) electrons. The normalized spacial score (nSPS) is 13.8. The zero-order chi connectivity index (χ0) is 36.7. The standard InChI is InChI=1S/C36H38ClN7O6S/c1-19-18-51-34-29(46)12-25-33(32(19)34)22(13-37)16-44(25)31(48)10-21-7-24(41(2)15-21)28(45)9-20-8-26(42(3)14-20)36(50)40-23-11-27(43(4)17-23)35(49)39-6-5-30(38)47/h7-8,11-12,14-15,17-18,22,46H,5-6,9-10,13,16H2,1-4H3,(H2,38,47)(H,39,49)(H,40,50)/t22-/m0/s1. The fourth-order valence-corrected chi connectivity index (χ4v) is 7.96. The quantitative estimate of drug-likeness (QED) is 0.111. The van der Waals surface area contributed by atoms with Crippen molar-refractivity contribution in [1.82, 2.24) is 19.0 Å². The number of phenols is 1. The monoisotopic (exact) mass is 731 g/mol. The number of rotatable bonds is 12. The van der Waals surface area contributed by atoms with Crippen molar-refractivity contribution in [2.45, 2.75) is 32.1 Å². The molecule has 0 bridgehead atoms. The van der Waals surface area contributed by atoms with Gasteiger partial charge in [-0.25, -0.2) is 0 Å². The van der Waals surface area contributed by atoms with Gasteiger partial charge < -0.3 is 40.1 Å². The smallest absolute Gasteiger partial charge is 0.272 e. The number of aromatic hydroxyl groups is 1. The number of amides is 4. The van der Waals surface area contributed by atoms with Gasteiger partial charge in [-0.2, -0.15) is 0 Å². The molecule has 0 saturated heterocycles. The molecule has 5 N–H and O–H groups in total. The lowest BCUT2D eigenvalue weighted by atomic mass is 9.97. The van der Waals surface area contributed by atoms with Crippen LogP contribution in [0.3, 0.4) is 0 Å². The van der Waals surface area contributed by atoms with E-state index in [9.17, 15) is 29.1 Å². The second-order valence-corrected chi connectivity index (χ2v) is 14.1. The number of hydrogen-bond acceptors (Lipinski definition) is 7. The van der Waals surface area contributed by atoms with Gasteiger partial charge in [0.05, 0.1) is 28.2 Å². The van der Waals surface area contributed by atoms with E-state index in [1.54, 1.807) is 76.5 Å². The third-order valence-electron chi connectivity index (χ3n) is 9.13. The van der Waals surface area contributed by atoms with Crippen molar-refractivity contribution >= 4 is 73.8 Å². The fraction of sp³-hybridized carbons (Fsp3) is 0.306. The van der Waals surface area contributed by atoms with Crippen LogP contribution < -0.4 is 21.3 Å². The van der Waals surface area contributed by atoms with Gasteiger partial charge >= 0.3 is 0 Å². The van der Waals surface area contributed by atoms with E-state index in [1.165, 1.54) is 17.4 Å². The van der Waals surface area contributed by atoms with Crippen LogP contribution in [0, 0.1) is 6.92 Å². The summed E-state index contributed by atoms with van der Waals surface area (Å²) in [6, 6.07) is 6.53. The predicted octanol–water partition coefficient (Wildman–Crippen LogP) is 4.13. The maximum Gasteiger partial charge on any atom is 0.272 e. The van der Waals surface area contributed by atoms with E-state index in [0.717, 1.165) is 21.2 Å². The number of aryl methyl sites for hydroxylation is 4. The van der Waals surface area contributed by atoms with Gasteiger partial charge in [0.25, 0.3) is 11.8 Å². The number of anilines is 2. The van der Waals surface area contributed by atoms with E-state index in [4.69, 9.17) is 17.3 Å². The summed E-state index contributed by atoms with van der Waals surface area (Å²) in [4.78, 5) is 65.4. The van der Waals surface area contributed by atoms with Gasteiger partial charge in [-0.15, -0.1) is 22.9 Å². The van der Waals surface area contributed by atoms with Crippen LogP contribution in [0.15, 0.2) is 48.2 Å². The molecule has 6 rings (SSSR count). The van der Waals surface area contributed by atoms with Crippen LogP contribution in [0.25, 0.3) is 10.1 Å². The van der Waals surface area contributed by atoms with Crippen LogP contribution in [0.2, 0.25) is 0 Å². The van der Waals surface area contributed by atoms with Crippen LogP contribution in [-0.2, 0) is 43.6 Å². The van der Waals surface area contributed by atoms with Crippen molar-refractivity contribution in [1.29, 1.82) is 0 Å². The van der Waals surface area contributed by atoms with Crippen molar-refractivity contribution in [2.75, 3.05) is 29.2 Å². The Morgan fingerprint density at radius 3 is 2.27 bits per heavy atom.